The number of ether oxygens (including phenoxy) is 1. The maximum absolute atomic E-state index is 5.75. The molecule has 0 aliphatic carbocycles. The zero-order valence-corrected chi connectivity index (χ0v) is 9.47. The van der Waals surface area contributed by atoms with Crippen LogP contribution in [0, 0.1) is 0 Å². The summed E-state index contributed by atoms with van der Waals surface area (Å²) in [6.07, 6.45) is 1.58. The fraction of sp³-hybridized carbons (Fsp3) is 0.455. The van der Waals surface area contributed by atoms with Gasteiger partial charge in [-0.25, -0.2) is 0 Å². The van der Waals surface area contributed by atoms with Gasteiger partial charge in [0.25, 0.3) is 0 Å². The van der Waals surface area contributed by atoms with E-state index in [1.165, 1.54) is 15.6 Å². The minimum absolute atomic E-state index is 0.233. The molecule has 2 heteroatoms. The van der Waals surface area contributed by atoms with Crippen molar-refractivity contribution < 1.29 is 4.74 Å². The normalized spacial score (nSPS) is 27.0. The van der Waals surface area contributed by atoms with E-state index in [1.54, 1.807) is 0 Å². The van der Waals surface area contributed by atoms with E-state index < -0.39 is 0 Å². The van der Waals surface area contributed by atoms with Crippen LogP contribution in [0.15, 0.2) is 22.7 Å². The van der Waals surface area contributed by atoms with Gasteiger partial charge in [0.2, 0.25) is 0 Å². The summed E-state index contributed by atoms with van der Waals surface area (Å²) >= 11 is 3.58. The van der Waals surface area contributed by atoms with Crippen LogP contribution in [-0.4, -0.2) is 6.10 Å². The first-order valence-electron chi connectivity index (χ1n) is 4.61. The molecule has 0 aromatic heterocycles. The second-order valence-corrected chi connectivity index (χ2v) is 4.46. The molecule has 0 spiro atoms. The molecule has 2 unspecified atom stereocenters. The number of hydrogen-bond acceptors (Lipinski definition) is 1. The summed E-state index contributed by atoms with van der Waals surface area (Å²) in [5.41, 5.74) is 2.74. The summed E-state index contributed by atoms with van der Waals surface area (Å²) in [6, 6.07) is 6.32. The first-order chi connectivity index (χ1) is 6.18. The van der Waals surface area contributed by atoms with Crippen LogP contribution in [-0.2, 0) is 11.2 Å². The van der Waals surface area contributed by atoms with Crippen molar-refractivity contribution in [3.63, 3.8) is 0 Å². The highest BCUT2D eigenvalue weighted by molar-refractivity contribution is 9.10. The minimum atomic E-state index is 0.233. The molecule has 1 aromatic rings. The van der Waals surface area contributed by atoms with Crippen molar-refractivity contribution in [2.75, 3.05) is 0 Å². The zero-order chi connectivity index (χ0) is 9.42. The molecule has 0 saturated heterocycles. The van der Waals surface area contributed by atoms with Crippen LogP contribution in [0.2, 0.25) is 0 Å². The van der Waals surface area contributed by atoms with E-state index in [4.69, 9.17) is 4.74 Å². The Balaban J connectivity index is 2.49. The fourth-order valence-electron chi connectivity index (χ4n) is 1.93. The molecular weight excluding hydrogens is 228 g/mol. The molecule has 0 N–H and O–H groups in total. The van der Waals surface area contributed by atoms with Gasteiger partial charge in [-0.1, -0.05) is 28.1 Å². The van der Waals surface area contributed by atoms with Crippen LogP contribution in [0.5, 0.6) is 0 Å². The Morgan fingerprint density at radius 1 is 1.38 bits per heavy atom. The minimum Gasteiger partial charge on any atom is -0.371 e. The van der Waals surface area contributed by atoms with Crippen LogP contribution in [0.25, 0.3) is 0 Å². The Kier molecular flexibility index (Phi) is 2.43. The number of benzene rings is 1. The summed E-state index contributed by atoms with van der Waals surface area (Å²) < 4.78 is 6.96. The van der Waals surface area contributed by atoms with Gasteiger partial charge >= 0.3 is 0 Å². The lowest BCUT2D eigenvalue weighted by molar-refractivity contribution is -0.00489. The number of fused-ring (bicyclic) bond motifs is 1. The SMILES string of the molecule is CC1Cc2c(Br)cccc2C(C)O1. The highest BCUT2D eigenvalue weighted by Gasteiger charge is 2.22. The monoisotopic (exact) mass is 240 g/mol. The molecule has 1 aliphatic rings. The summed E-state index contributed by atoms with van der Waals surface area (Å²) in [6.45, 7) is 4.24. The second-order valence-electron chi connectivity index (χ2n) is 3.60. The zero-order valence-electron chi connectivity index (χ0n) is 7.88. The second kappa shape index (κ2) is 3.43. The van der Waals surface area contributed by atoms with Gasteiger partial charge in [-0.2, -0.15) is 0 Å². The molecule has 1 aliphatic heterocycles. The topological polar surface area (TPSA) is 9.23 Å². The van der Waals surface area contributed by atoms with E-state index in [2.05, 4.69) is 48.0 Å². The van der Waals surface area contributed by atoms with E-state index in [-0.39, 0.29) is 6.10 Å². The average Bonchev–Trinajstić information content (AvgIpc) is 2.07. The highest BCUT2D eigenvalue weighted by Crippen LogP contribution is 2.33. The predicted molar refractivity (Wildman–Crippen MR) is 56.8 cm³/mol. The standard InChI is InChI=1S/C11H13BrO/c1-7-6-10-9(8(2)13-7)4-3-5-11(10)12/h3-5,7-8H,6H2,1-2H3. The molecule has 2 rings (SSSR count). The maximum atomic E-state index is 5.75. The Morgan fingerprint density at radius 2 is 2.15 bits per heavy atom. The van der Waals surface area contributed by atoms with Crippen LogP contribution >= 0.6 is 15.9 Å². The molecule has 2 atom stereocenters. The van der Waals surface area contributed by atoms with Crippen LogP contribution < -0.4 is 0 Å². The van der Waals surface area contributed by atoms with Gasteiger partial charge in [-0.05, 0) is 37.5 Å². The third-order valence-electron chi connectivity index (χ3n) is 2.52. The number of halogens is 1. The highest BCUT2D eigenvalue weighted by atomic mass is 79.9. The van der Waals surface area contributed by atoms with Crippen LogP contribution in [0.4, 0.5) is 0 Å². The van der Waals surface area contributed by atoms with Crippen molar-refractivity contribution >= 4 is 15.9 Å². The number of hydrogen-bond donors (Lipinski definition) is 0. The van der Waals surface area contributed by atoms with E-state index in [9.17, 15) is 0 Å². The molecule has 1 nitrogen and oxygen atoms in total. The van der Waals surface area contributed by atoms with Crippen molar-refractivity contribution in [2.24, 2.45) is 0 Å². The molecule has 0 saturated carbocycles. The van der Waals surface area contributed by atoms with Gasteiger partial charge in [-0.15, -0.1) is 0 Å². The Bertz CT molecular complexity index is 322. The van der Waals surface area contributed by atoms with Crippen LogP contribution in [0.3, 0.4) is 0 Å². The molecule has 70 valence electrons. The molecule has 0 radical (unpaired) electrons. The van der Waals surface area contributed by atoms with Gasteiger partial charge in [0.05, 0.1) is 12.2 Å². The van der Waals surface area contributed by atoms with Gasteiger partial charge < -0.3 is 4.74 Å². The van der Waals surface area contributed by atoms with Crippen LogP contribution in [0.1, 0.15) is 31.1 Å². The molecule has 0 amide bonds. The predicted octanol–water partition coefficient (Wildman–Crippen LogP) is 3.47. The smallest absolute Gasteiger partial charge is 0.0803 e. The Hall–Kier alpha value is -0.340. The molecule has 0 fully saturated rings. The first-order valence-corrected chi connectivity index (χ1v) is 5.40. The lowest BCUT2D eigenvalue weighted by atomic mass is 9.95. The quantitative estimate of drug-likeness (QED) is 0.675. The van der Waals surface area contributed by atoms with E-state index in [1.807, 2.05) is 0 Å². The lowest BCUT2D eigenvalue weighted by Crippen LogP contribution is -2.22. The van der Waals surface area contributed by atoms with E-state index in [0.717, 1.165) is 6.42 Å². The van der Waals surface area contributed by atoms with Gasteiger partial charge in [0.1, 0.15) is 0 Å². The van der Waals surface area contributed by atoms with E-state index in [0.29, 0.717) is 6.10 Å². The summed E-state index contributed by atoms with van der Waals surface area (Å²) in [4.78, 5) is 0. The average molecular weight is 241 g/mol. The van der Waals surface area contributed by atoms with Crippen molar-refractivity contribution in [1.82, 2.24) is 0 Å². The Labute approximate surface area is 87.2 Å². The van der Waals surface area contributed by atoms with Gasteiger partial charge in [-0.3, -0.25) is 0 Å². The Morgan fingerprint density at radius 3 is 2.92 bits per heavy atom. The lowest BCUT2D eigenvalue weighted by Gasteiger charge is -2.28. The van der Waals surface area contributed by atoms with Crippen molar-refractivity contribution in [2.45, 2.75) is 32.5 Å². The largest absolute Gasteiger partial charge is 0.371 e. The van der Waals surface area contributed by atoms with E-state index >= 15 is 0 Å². The maximum Gasteiger partial charge on any atom is 0.0803 e. The van der Waals surface area contributed by atoms with Crippen molar-refractivity contribution in [3.05, 3.63) is 33.8 Å². The molecule has 13 heavy (non-hydrogen) atoms. The molecule has 0 bridgehead atoms. The number of rotatable bonds is 0. The summed E-state index contributed by atoms with van der Waals surface area (Å²) in [5.74, 6) is 0. The molecular formula is C11H13BrO. The third-order valence-corrected chi connectivity index (χ3v) is 3.26. The summed E-state index contributed by atoms with van der Waals surface area (Å²) in [5, 5.41) is 0. The van der Waals surface area contributed by atoms with Crippen molar-refractivity contribution in [3.8, 4) is 0 Å². The third kappa shape index (κ3) is 1.65. The van der Waals surface area contributed by atoms with Crippen molar-refractivity contribution in [1.29, 1.82) is 0 Å². The first kappa shape index (κ1) is 9.22. The van der Waals surface area contributed by atoms with Gasteiger partial charge in [0, 0.05) is 4.47 Å². The van der Waals surface area contributed by atoms with Gasteiger partial charge in [0.15, 0.2) is 0 Å². The summed E-state index contributed by atoms with van der Waals surface area (Å²) in [7, 11) is 0. The molecule has 1 heterocycles. The molecule has 1 aromatic carbocycles. The fourth-order valence-corrected chi connectivity index (χ4v) is 2.47.